The maximum atomic E-state index is 8.84. The Morgan fingerprint density at radius 3 is 3.00 bits per heavy atom. The van der Waals surface area contributed by atoms with Crippen molar-refractivity contribution in [1.82, 2.24) is 20.2 Å². The van der Waals surface area contributed by atoms with Crippen LogP contribution in [0.2, 0.25) is 0 Å². The van der Waals surface area contributed by atoms with E-state index in [1.165, 1.54) is 11.3 Å². The molecule has 98 valence electrons. The van der Waals surface area contributed by atoms with Crippen molar-refractivity contribution in [2.75, 3.05) is 5.32 Å². The number of anilines is 2. The number of thiazole rings is 1. The summed E-state index contributed by atoms with van der Waals surface area (Å²) in [6, 6.07) is 7.26. The van der Waals surface area contributed by atoms with Crippen LogP contribution in [0.4, 0.5) is 10.9 Å². The molecule has 0 aromatic carbocycles. The van der Waals surface area contributed by atoms with Gasteiger partial charge in [-0.05, 0) is 19.1 Å². The van der Waals surface area contributed by atoms with Crippen molar-refractivity contribution < 1.29 is 0 Å². The number of pyridine rings is 1. The second kappa shape index (κ2) is 5.11. The van der Waals surface area contributed by atoms with E-state index in [-0.39, 0.29) is 0 Å². The van der Waals surface area contributed by atoms with Crippen LogP contribution >= 0.6 is 11.3 Å². The molecule has 3 heterocycles. The Hall–Kier alpha value is -2.72. The highest BCUT2D eigenvalue weighted by Gasteiger charge is 2.11. The number of aromatic nitrogens is 4. The average Bonchev–Trinajstić information content (AvgIpc) is 3.08. The summed E-state index contributed by atoms with van der Waals surface area (Å²) in [6.07, 6.45) is 3.54. The zero-order chi connectivity index (χ0) is 13.9. The predicted molar refractivity (Wildman–Crippen MR) is 76.7 cm³/mol. The Labute approximate surface area is 119 Å². The molecule has 0 aliphatic rings. The van der Waals surface area contributed by atoms with E-state index < -0.39 is 0 Å². The maximum Gasteiger partial charge on any atom is 0.189 e. The molecule has 7 heteroatoms. The first-order chi connectivity index (χ1) is 9.76. The van der Waals surface area contributed by atoms with Gasteiger partial charge in [-0.1, -0.05) is 6.07 Å². The highest BCUT2D eigenvalue weighted by atomic mass is 32.1. The Morgan fingerprint density at radius 2 is 2.25 bits per heavy atom. The highest BCUT2D eigenvalue weighted by molar-refractivity contribution is 7.16. The first kappa shape index (κ1) is 12.3. The van der Waals surface area contributed by atoms with Gasteiger partial charge < -0.3 is 5.32 Å². The van der Waals surface area contributed by atoms with Crippen LogP contribution in [0.15, 0.2) is 30.6 Å². The van der Waals surface area contributed by atoms with Crippen molar-refractivity contribution in [2.45, 2.75) is 6.92 Å². The summed E-state index contributed by atoms with van der Waals surface area (Å²) in [4.78, 5) is 9.78. The molecule has 0 amide bonds. The fourth-order valence-corrected chi connectivity index (χ4v) is 2.62. The number of hydrogen-bond donors (Lipinski definition) is 2. The van der Waals surface area contributed by atoms with Gasteiger partial charge >= 0.3 is 0 Å². The minimum absolute atomic E-state index is 0.373. The van der Waals surface area contributed by atoms with E-state index in [9.17, 15) is 0 Å². The van der Waals surface area contributed by atoms with Gasteiger partial charge in [-0.2, -0.15) is 10.4 Å². The largest absolute Gasteiger partial charge is 0.316 e. The number of aromatic amines is 1. The molecule has 3 rings (SSSR count). The van der Waals surface area contributed by atoms with Gasteiger partial charge in [-0.3, -0.25) is 5.10 Å². The van der Waals surface area contributed by atoms with E-state index in [0.29, 0.717) is 11.5 Å². The average molecular weight is 282 g/mol. The molecule has 2 N–H and O–H groups in total. The molecule has 3 aromatic rings. The smallest absolute Gasteiger partial charge is 0.189 e. The lowest BCUT2D eigenvalue weighted by Gasteiger charge is -2.00. The number of nitrogens with zero attached hydrogens (tertiary/aromatic N) is 4. The molecule has 0 radical (unpaired) electrons. The Morgan fingerprint density at radius 1 is 1.35 bits per heavy atom. The molecule has 6 nitrogen and oxygen atoms in total. The van der Waals surface area contributed by atoms with Gasteiger partial charge in [0.25, 0.3) is 0 Å². The van der Waals surface area contributed by atoms with Crippen LogP contribution in [-0.4, -0.2) is 20.2 Å². The van der Waals surface area contributed by atoms with Crippen molar-refractivity contribution in [3.05, 3.63) is 41.2 Å². The quantitative estimate of drug-likeness (QED) is 0.771. The maximum absolute atomic E-state index is 8.84. The number of rotatable bonds is 3. The molecule has 0 atom stereocenters. The van der Waals surface area contributed by atoms with Gasteiger partial charge in [0, 0.05) is 16.6 Å². The van der Waals surface area contributed by atoms with Crippen molar-refractivity contribution >= 4 is 22.3 Å². The van der Waals surface area contributed by atoms with Crippen molar-refractivity contribution in [3.8, 4) is 17.3 Å². The first-order valence-electron chi connectivity index (χ1n) is 5.87. The van der Waals surface area contributed by atoms with E-state index in [4.69, 9.17) is 5.26 Å². The second-order valence-corrected chi connectivity index (χ2v) is 5.26. The number of nitriles is 1. The fraction of sp³-hybridized carbons (Fsp3) is 0.0769. The van der Waals surface area contributed by atoms with E-state index in [1.807, 2.05) is 13.0 Å². The molecule has 0 spiro atoms. The van der Waals surface area contributed by atoms with Crippen LogP contribution in [0.1, 0.15) is 10.6 Å². The van der Waals surface area contributed by atoms with Crippen LogP contribution in [0.3, 0.4) is 0 Å². The third kappa shape index (κ3) is 2.37. The molecule has 0 fully saturated rings. The third-order valence-corrected chi connectivity index (χ3v) is 3.55. The van der Waals surface area contributed by atoms with E-state index in [2.05, 4.69) is 25.5 Å². The van der Waals surface area contributed by atoms with E-state index >= 15 is 0 Å². The Balaban J connectivity index is 1.89. The van der Waals surface area contributed by atoms with Crippen LogP contribution in [0, 0.1) is 18.3 Å². The van der Waals surface area contributed by atoms with Gasteiger partial charge in [0.05, 0.1) is 11.9 Å². The van der Waals surface area contributed by atoms with Crippen LogP contribution < -0.4 is 5.32 Å². The fourth-order valence-electron chi connectivity index (χ4n) is 1.77. The molecular weight excluding hydrogens is 272 g/mol. The molecule has 0 saturated heterocycles. The molecule has 0 unspecified atom stereocenters. The minimum Gasteiger partial charge on any atom is -0.316 e. The lowest BCUT2D eigenvalue weighted by Crippen LogP contribution is -1.94. The van der Waals surface area contributed by atoms with Crippen molar-refractivity contribution in [1.29, 1.82) is 5.26 Å². The summed E-state index contributed by atoms with van der Waals surface area (Å²) < 4.78 is 0. The van der Waals surface area contributed by atoms with Crippen LogP contribution in [0.5, 0.6) is 0 Å². The van der Waals surface area contributed by atoms with Gasteiger partial charge in [0.1, 0.15) is 17.6 Å². The second-order valence-electron chi connectivity index (χ2n) is 4.06. The molecule has 20 heavy (non-hydrogen) atoms. The van der Waals surface area contributed by atoms with Crippen molar-refractivity contribution in [3.63, 3.8) is 0 Å². The van der Waals surface area contributed by atoms with E-state index in [1.54, 1.807) is 30.6 Å². The molecule has 0 aliphatic heterocycles. The highest BCUT2D eigenvalue weighted by Crippen LogP contribution is 2.30. The Bertz CT molecular complexity index is 769. The van der Waals surface area contributed by atoms with Crippen LogP contribution in [0.25, 0.3) is 11.3 Å². The standard InChI is InChI=1S/C13H10N6S/c1-8-12(9-6-15-16-7-9)19-13(20-8)18-11-4-2-3-10(5-14)17-11/h2-4,6-7H,1H3,(H,15,16)(H,17,18,19). The molecule has 0 saturated carbocycles. The van der Waals surface area contributed by atoms with Gasteiger partial charge in [0.15, 0.2) is 5.13 Å². The number of hydrogen-bond acceptors (Lipinski definition) is 6. The van der Waals surface area contributed by atoms with Crippen molar-refractivity contribution in [2.24, 2.45) is 0 Å². The topological polar surface area (TPSA) is 90.3 Å². The van der Waals surface area contributed by atoms with Crippen LogP contribution in [-0.2, 0) is 0 Å². The number of H-pyrrole nitrogens is 1. The summed E-state index contributed by atoms with van der Waals surface area (Å²) in [6.45, 7) is 2.00. The zero-order valence-corrected chi connectivity index (χ0v) is 11.4. The summed E-state index contributed by atoms with van der Waals surface area (Å²) in [5.74, 6) is 0.608. The first-order valence-corrected chi connectivity index (χ1v) is 6.68. The summed E-state index contributed by atoms with van der Waals surface area (Å²) in [7, 11) is 0. The minimum atomic E-state index is 0.373. The lowest BCUT2D eigenvalue weighted by molar-refractivity contribution is 1.09. The van der Waals surface area contributed by atoms with Gasteiger partial charge in [-0.25, -0.2) is 9.97 Å². The van der Waals surface area contributed by atoms with E-state index in [0.717, 1.165) is 21.3 Å². The molecule has 0 bridgehead atoms. The monoisotopic (exact) mass is 282 g/mol. The van der Waals surface area contributed by atoms with Gasteiger partial charge in [-0.15, -0.1) is 11.3 Å². The number of nitrogens with one attached hydrogen (secondary N) is 2. The Kier molecular flexibility index (Phi) is 3.15. The van der Waals surface area contributed by atoms with Gasteiger partial charge in [0.2, 0.25) is 0 Å². The third-order valence-electron chi connectivity index (χ3n) is 2.67. The molecular formula is C13H10N6S. The summed E-state index contributed by atoms with van der Waals surface area (Å²) in [5, 5.41) is 19.4. The molecule has 3 aromatic heterocycles. The normalized spacial score (nSPS) is 10.2. The molecule has 0 aliphatic carbocycles. The summed E-state index contributed by atoms with van der Waals surface area (Å²) in [5.41, 5.74) is 2.21. The lowest BCUT2D eigenvalue weighted by atomic mass is 10.2. The summed E-state index contributed by atoms with van der Waals surface area (Å²) >= 11 is 1.53. The zero-order valence-electron chi connectivity index (χ0n) is 10.6. The SMILES string of the molecule is Cc1sc(Nc2cccc(C#N)n2)nc1-c1cn[nH]c1. The number of aryl methyl sites for hydroxylation is 1. The predicted octanol–water partition coefficient (Wildman–Crippen LogP) is 2.85.